The summed E-state index contributed by atoms with van der Waals surface area (Å²) in [7, 11) is -3.06. The van der Waals surface area contributed by atoms with Gasteiger partial charge in [-0.2, -0.15) is 0 Å². The van der Waals surface area contributed by atoms with Gasteiger partial charge in [0.25, 0.3) is 5.92 Å². The fourth-order valence-electron chi connectivity index (χ4n) is 1.48. The lowest BCUT2D eigenvalue weighted by Gasteiger charge is -2.28. The van der Waals surface area contributed by atoms with Gasteiger partial charge in [-0.3, -0.25) is 0 Å². The van der Waals surface area contributed by atoms with Gasteiger partial charge in [-0.25, -0.2) is 17.2 Å². The predicted octanol–water partition coefficient (Wildman–Crippen LogP) is 0.405. The van der Waals surface area contributed by atoms with Gasteiger partial charge in [0.15, 0.2) is 0 Å². The zero-order valence-electron chi connectivity index (χ0n) is 7.17. The van der Waals surface area contributed by atoms with Gasteiger partial charge in [-0.1, -0.05) is 0 Å². The molecule has 0 amide bonds. The Bertz CT molecular complexity index is 262. The van der Waals surface area contributed by atoms with Crippen molar-refractivity contribution in [3.63, 3.8) is 0 Å². The zero-order valence-corrected chi connectivity index (χ0v) is 7.99. The summed E-state index contributed by atoms with van der Waals surface area (Å²) in [5, 5.41) is 0. The highest BCUT2D eigenvalue weighted by atomic mass is 32.2. The van der Waals surface area contributed by atoms with Crippen LogP contribution < -0.4 is 5.73 Å². The molecular formula is C7H13F2NO2S. The van der Waals surface area contributed by atoms with Crippen LogP contribution in [-0.4, -0.2) is 32.4 Å². The van der Waals surface area contributed by atoms with Gasteiger partial charge in [0.05, 0.1) is 18.1 Å². The lowest BCUT2D eigenvalue weighted by Crippen LogP contribution is -2.40. The van der Waals surface area contributed by atoms with Crippen LogP contribution in [0, 0.1) is 5.92 Å². The highest BCUT2D eigenvalue weighted by molar-refractivity contribution is 7.91. The van der Waals surface area contributed by atoms with Crippen molar-refractivity contribution in [3.8, 4) is 0 Å². The number of rotatable bonds is 2. The van der Waals surface area contributed by atoms with Crippen molar-refractivity contribution in [2.24, 2.45) is 11.7 Å². The Morgan fingerprint density at radius 1 is 1.31 bits per heavy atom. The zero-order chi connectivity index (χ0) is 10.1. The fourth-order valence-corrected chi connectivity index (χ4v) is 2.97. The van der Waals surface area contributed by atoms with E-state index in [-0.39, 0.29) is 24.3 Å². The van der Waals surface area contributed by atoms with Crippen LogP contribution in [0.4, 0.5) is 8.78 Å². The summed E-state index contributed by atoms with van der Waals surface area (Å²) < 4.78 is 47.8. The minimum atomic E-state index is -3.06. The molecule has 13 heavy (non-hydrogen) atoms. The van der Waals surface area contributed by atoms with Crippen LogP contribution in [0.25, 0.3) is 0 Å². The van der Waals surface area contributed by atoms with Crippen molar-refractivity contribution < 1.29 is 17.2 Å². The van der Waals surface area contributed by atoms with Gasteiger partial charge in [0, 0.05) is 5.92 Å². The first kappa shape index (κ1) is 10.8. The first-order valence-corrected chi connectivity index (χ1v) is 5.98. The molecule has 1 fully saturated rings. The highest BCUT2D eigenvalue weighted by Crippen LogP contribution is 2.32. The van der Waals surface area contributed by atoms with Crippen LogP contribution in [0.5, 0.6) is 0 Å². The van der Waals surface area contributed by atoms with Crippen LogP contribution >= 0.6 is 0 Å². The van der Waals surface area contributed by atoms with E-state index in [0.717, 1.165) is 0 Å². The van der Waals surface area contributed by atoms with Crippen LogP contribution in [0.2, 0.25) is 0 Å². The summed E-state index contributed by atoms with van der Waals surface area (Å²) in [5.41, 5.74) is 4.91. The third-order valence-electron chi connectivity index (χ3n) is 2.42. The SMILES string of the molecule is NCC(F)(F)C1CCS(=O)(=O)CC1. The second kappa shape index (κ2) is 3.49. The molecule has 0 radical (unpaired) electrons. The molecule has 0 aromatic heterocycles. The van der Waals surface area contributed by atoms with E-state index in [4.69, 9.17) is 5.73 Å². The molecule has 0 aliphatic carbocycles. The Balaban J connectivity index is 2.60. The molecule has 0 atom stereocenters. The van der Waals surface area contributed by atoms with E-state index >= 15 is 0 Å². The molecule has 0 bridgehead atoms. The summed E-state index contributed by atoms with van der Waals surface area (Å²) >= 11 is 0. The van der Waals surface area contributed by atoms with E-state index in [1.807, 2.05) is 0 Å². The molecule has 0 spiro atoms. The molecule has 1 aliphatic rings. The minimum absolute atomic E-state index is 0.0343. The maximum absolute atomic E-state index is 13.0. The Labute approximate surface area is 76.2 Å². The standard InChI is InChI=1S/C7H13F2NO2S/c8-7(9,5-10)6-1-3-13(11,12)4-2-6/h6H,1-5,10H2. The van der Waals surface area contributed by atoms with Gasteiger partial charge in [-0.15, -0.1) is 0 Å². The van der Waals surface area contributed by atoms with Crippen molar-refractivity contribution >= 4 is 9.84 Å². The van der Waals surface area contributed by atoms with Gasteiger partial charge in [0.2, 0.25) is 0 Å². The normalized spacial score (nSPS) is 24.5. The van der Waals surface area contributed by atoms with Crippen molar-refractivity contribution in [1.29, 1.82) is 0 Å². The first-order chi connectivity index (χ1) is 5.87. The molecule has 6 heteroatoms. The van der Waals surface area contributed by atoms with Gasteiger partial charge in [-0.05, 0) is 12.8 Å². The Morgan fingerprint density at radius 3 is 2.15 bits per heavy atom. The van der Waals surface area contributed by atoms with Crippen LogP contribution in [0.1, 0.15) is 12.8 Å². The monoisotopic (exact) mass is 213 g/mol. The van der Waals surface area contributed by atoms with Crippen molar-refractivity contribution in [2.45, 2.75) is 18.8 Å². The van der Waals surface area contributed by atoms with Crippen LogP contribution in [-0.2, 0) is 9.84 Å². The molecule has 1 aliphatic heterocycles. The molecule has 1 rings (SSSR count). The molecule has 3 nitrogen and oxygen atoms in total. The highest BCUT2D eigenvalue weighted by Gasteiger charge is 2.41. The first-order valence-electron chi connectivity index (χ1n) is 4.16. The average molecular weight is 213 g/mol. The molecule has 78 valence electrons. The number of nitrogens with two attached hydrogens (primary N) is 1. The quantitative estimate of drug-likeness (QED) is 0.722. The van der Waals surface area contributed by atoms with E-state index in [0.29, 0.717) is 0 Å². The molecule has 0 aromatic rings. The van der Waals surface area contributed by atoms with E-state index in [9.17, 15) is 17.2 Å². The van der Waals surface area contributed by atoms with E-state index in [1.54, 1.807) is 0 Å². The summed E-state index contributed by atoms with van der Waals surface area (Å²) in [6.07, 6.45) is 0.0685. The maximum Gasteiger partial charge on any atom is 0.262 e. The number of alkyl halides is 2. The molecule has 0 saturated carbocycles. The number of hydrogen-bond acceptors (Lipinski definition) is 3. The summed E-state index contributed by atoms with van der Waals surface area (Å²) in [6.45, 7) is -0.697. The van der Waals surface area contributed by atoms with E-state index in [1.165, 1.54) is 0 Å². The van der Waals surface area contributed by atoms with Gasteiger partial charge in [0.1, 0.15) is 9.84 Å². The van der Waals surface area contributed by atoms with Gasteiger partial charge >= 0.3 is 0 Å². The minimum Gasteiger partial charge on any atom is -0.325 e. The summed E-state index contributed by atoms with van der Waals surface area (Å²) in [6, 6.07) is 0. The summed E-state index contributed by atoms with van der Waals surface area (Å²) in [5.74, 6) is -4.03. The van der Waals surface area contributed by atoms with Crippen molar-refractivity contribution in [2.75, 3.05) is 18.1 Å². The molecule has 1 heterocycles. The summed E-state index contributed by atoms with van der Waals surface area (Å²) in [4.78, 5) is 0. The number of hydrogen-bond donors (Lipinski definition) is 1. The van der Waals surface area contributed by atoms with Crippen LogP contribution in [0.3, 0.4) is 0 Å². The van der Waals surface area contributed by atoms with Crippen LogP contribution in [0.15, 0.2) is 0 Å². The van der Waals surface area contributed by atoms with E-state index < -0.39 is 28.2 Å². The largest absolute Gasteiger partial charge is 0.325 e. The third kappa shape index (κ3) is 2.60. The smallest absolute Gasteiger partial charge is 0.262 e. The van der Waals surface area contributed by atoms with Crippen molar-refractivity contribution in [1.82, 2.24) is 0 Å². The second-order valence-electron chi connectivity index (χ2n) is 3.39. The average Bonchev–Trinajstić information content (AvgIpc) is 2.04. The van der Waals surface area contributed by atoms with Crippen molar-refractivity contribution in [3.05, 3.63) is 0 Å². The lowest BCUT2D eigenvalue weighted by atomic mass is 9.95. The van der Waals surface area contributed by atoms with E-state index in [2.05, 4.69) is 0 Å². The Kier molecular flexibility index (Phi) is 2.91. The predicted molar refractivity (Wildman–Crippen MR) is 45.4 cm³/mol. The molecule has 1 saturated heterocycles. The number of halogens is 2. The molecule has 0 unspecified atom stereocenters. The topological polar surface area (TPSA) is 60.2 Å². The molecule has 0 aromatic carbocycles. The Morgan fingerprint density at radius 2 is 1.77 bits per heavy atom. The lowest BCUT2D eigenvalue weighted by molar-refractivity contribution is -0.0521. The molecular weight excluding hydrogens is 200 g/mol. The second-order valence-corrected chi connectivity index (χ2v) is 5.69. The third-order valence-corrected chi connectivity index (χ3v) is 4.14. The molecule has 2 N–H and O–H groups in total. The number of sulfone groups is 1. The Hall–Kier alpha value is -0.230. The maximum atomic E-state index is 13.0. The fraction of sp³-hybridized carbons (Fsp3) is 1.00. The van der Waals surface area contributed by atoms with Gasteiger partial charge < -0.3 is 5.73 Å².